The van der Waals surface area contributed by atoms with Gasteiger partial charge < -0.3 is 14.9 Å². The van der Waals surface area contributed by atoms with Crippen molar-refractivity contribution in [3.8, 4) is 11.5 Å². The highest BCUT2D eigenvalue weighted by Gasteiger charge is 2.21. The third kappa shape index (κ3) is 1.83. The first-order chi connectivity index (χ1) is 7.20. The molecular weight excluding hydrogens is 192 g/mol. The largest absolute Gasteiger partial charge is 0.504 e. The summed E-state index contributed by atoms with van der Waals surface area (Å²) < 4.78 is 5.33. The van der Waals surface area contributed by atoms with Crippen molar-refractivity contribution in [2.45, 2.75) is 12.8 Å². The number of hydrogen-bond donors (Lipinski definition) is 2. The lowest BCUT2D eigenvalue weighted by Crippen LogP contribution is -2.14. The fourth-order valence-corrected chi connectivity index (χ4v) is 1.81. The number of hydrogen-bond acceptors (Lipinski definition) is 3. The molecule has 1 aromatic rings. The number of para-hydroxylation sites is 1. The summed E-state index contributed by atoms with van der Waals surface area (Å²) in [6.45, 7) is 3.19. The first kappa shape index (κ1) is 10.1. The van der Waals surface area contributed by atoms with Gasteiger partial charge in [-0.3, -0.25) is 0 Å². The van der Waals surface area contributed by atoms with Crippen molar-refractivity contribution < 1.29 is 14.9 Å². The summed E-state index contributed by atoms with van der Waals surface area (Å²) in [6, 6.07) is 5.01. The minimum absolute atomic E-state index is 0.0410. The molecule has 0 saturated heterocycles. The maximum Gasteiger partial charge on any atom is 0.161 e. The van der Waals surface area contributed by atoms with Crippen molar-refractivity contribution in [1.29, 1.82) is 0 Å². The third-order valence-electron chi connectivity index (χ3n) is 2.78. The van der Waals surface area contributed by atoms with E-state index in [1.165, 1.54) is 11.6 Å². The molecule has 1 atom stereocenters. The molecule has 0 saturated carbocycles. The smallest absolute Gasteiger partial charge is 0.161 e. The molecule has 0 amide bonds. The average Bonchev–Trinajstić information content (AvgIpc) is 2.23. The Morgan fingerprint density at radius 2 is 2.13 bits per heavy atom. The molecule has 15 heavy (non-hydrogen) atoms. The van der Waals surface area contributed by atoms with Crippen LogP contribution in [0.4, 0.5) is 0 Å². The van der Waals surface area contributed by atoms with E-state index in [0.29, 0.717) is 13.2 Å². The zero-order valence-electron chi connectivity index (χ0n) is 8.60. The van der Waals surface area contributed by atoms with Gasteiger partial charge in [0.05, 0.1) is 13.2 Å². The Hall–Kier alpha value is -1.48. The Kier molecular flexibility index (Phi) is 2.64. The van der Waals surface area contributed by atoms with Crippen LogP contribution in [0.2, 0.25) is 0 Å². The summed E-state index contributed by atoms with van der Waals surface area (Å²) in [5, 5.41) is 19.1. The van der Waals surface area contributed by atoms with E-state index in [1.807, 2.05) is 19.1 Å². The van der Waals surface area contributed by atoms with Crippen LogP contribution in [-0.4, -0.2) is 23.4 Å². The SMILES string of the molecule is CC1=CCOC[C@H]1c1cccc(O)c1O. The van der Waals surface area contributed by atoms with Gasteiger partial charge in [-0.1, -0.05) is 23.8 Å². The van der Waals surface area contributed by atoms with Crippen molar-refractivity contribution in [3.05, 3.63) is 35.4 Å². The van der Waals surface area contributed by atoms with E-state index in [2.05, 4.69) is 0 Å². The standard InChI is InChI=1S/C12H14O3/c1-8-5-6-15-7-10(8)9-3-2-4-11(13)12(9)14/h2-5,10,13-14H,6-7H2,1H3/t10-/m1/s1. The molecule has 1 aliphatic heterocycles. The summed E-state index contributed by atoms with van der Waals surface area (Å²) in [6.07, 6.45) is 2.00. The summed E-state index contributed by atoms with van der Waals surface area (Å²) in [5.74, 6) is -0.0718. The Balaban J connectivity index is 2.40. The average molecular weight is 206 g/mol. The van der Waals surface area contributed by atoms with E-state index >= 15 is 0 Å². The van der Waals surface area contributed by atoms with Gasteiger partial charge in [-0.05, 0) is 13.0 Å². The molecule has 1 aliphatic rings. The van der Waals surface area contributed by atoms with E-state index in [4.69, 9.17) is 4.74 Å². The Labute approximate surface area is 88.6 Å². The predicted octanol–water partition coefficient (Wildman–Crippen LogP) is 2.16. The van der Waals surface area contributed by atoms with Crippen LogP contribution in [0.15, 0.2) is 29.8 Å². The van der Waals surface area contributed by atoms with E-state index in [0.717, 1.165) is 5.56 Å². The molecule has 0 unspecified atom stereocenters. The highest BCUT2D eigenvalue weighted by molar-refractivity contribution is 5.48. The molecule has 0 aromatic heterocycles. The van der Waals surface area contributed by atoms with Gasteiger partial charge in [0.15, 0.2) is 11.5 Å². The van der Waals surface area contributed by atoms with E-state index in [1.54, 1.807) is 6.07 Å². The summed E-state index contributed by atoms with van der Waals surface area (Å²) in [4.78, 5) is 0. The number of benzene rings is 1. The predicted molar refractivity (Wildman–Crippen MR) is 57.1 cm³/mol. The first-order valence-corrected chi connectivity index (χ1v) is 4.95. The highest BCUT2D eigenvalue weighted by atomic mass is 16.5. The lowest BCUT2D eigenvalue weighted by atomic mass is 9.90. The molecule has 0 bridgehead atoms. The zero-order valence-corrected chi connectivity index (χ0v) is 8.60. The maximum atomic E-state index is 9.73. The Morgan fingerprint density at radius 3 is 2.87 bits per heavy atom. The second-order valence-corrected chi connectivity index (χ2v) is 3.75. The van der Waals surface area contributed by atoms with Crippen molar-refractivity contribution in [1.82, 2.24) is 0 Å². The fraction of sp³-hybridized carbons (Fsp3) is 0.333. The second kappa shape index (κ2) is 3.95. The van der Waals surface area contributed by atoms with Crippen LogP contribution >= 0.6 is 0 Å². The molecule has 0 aliphatic carbocycles. The molecule has 3 nitrogen and oxygen atoms in total. The summed E-state index contributed by atoms with van der Waals surface area (Å²) in [5.41, 5.74) is 1.89. The van der Waals surface area contributed by atoms with E-state index in [-0.39, 0.29) is 17.4 Å². The van der Waals surface area contributed by atoms with Crippen LogP contribution in [0.1, 0.15) is 18.4 Å². The van der Waals surface area contributed by atoms with E-state index in [9.17, 15) is 10.2 Å². The van der Waals surface area contributed by atoms with Crippen LogP contribution in [-0.2, 0) is 4.74 Å². The van der Waals surface area contributed by atoms with Gasteiger partial charge in [0.25, 0.3) is 0 Å². The highest BCUT2D eigenvalue weighted by Crippen LogP contribution is 2.37. The fourth-order valence-electron chi connectivity index (χ4n) is 1.81. The van der Waals surface area contributed by atoms with Crippen LogP contribution in [0.3, 0.4) is 0 Å². The molecule has 1 aromatic carbocycles. The van der Waals surface area contributed by atoms with Gasteiger partial charge in [-0.25, -0.2) is 0 Å². The normalized spacial score (nSPS) is 21.1. The molecule has 0 spiro atoms. The molecular formula is C12H14O3. The number of phenols is 2. The van der Waals surface area contributed by atoms with Crippen LogP contribution in [0, 0.1) is 0 Å². The van der Waals surface area contributed by atoms with Gasteiger partial charge in [-0.2, -0.15) is 0 Å². The minimum Gasteiger partial charge on any atom is -0.504 e. The van der Waals surface area contributed by atoms with Crippen LogP contribution in [0.25, 0.3) is 0 Å². The summed E-state index contributed by atoms with van der Waals surface area (Å²) in [7, 11) is 0. The Bertz CT molecular complexity index is 396. The Morgan fingerprint density at radius 1 is 1.33 bits per heavy atom. The van der Waals surface area contributed by atoms with E-state index < -0.39 is 0 Å². The van der Waals surface area contributed by atoms with Crippen molar-refractivity contribution in [2.75, 3.05) is 13.2 Å². The first-order valence-electron chi connectivity index (χ1n) is 4.95. The molecule has 1 heterocycles. The number of rotatable bonds is 1. The molecule has 80 valence electrons. The van der Waals surface area contributed by atoms with Crippen molar-refractivity contribution in [2.24, 2.45) is 0 Å². The lowest BCUT2D eigenvalue weighted by molar-refractivity contribution is 0.140. The van der Waals surface area contributed by atoms with Gasteiger partial charge in [-0.15, -0.1) is 0 Å². The van der Waals surface area contributed by atoms with Gasteiger partial charge in [0.1, 0.15) is 0 Å². The van der Waals surface area contributed by atoms with Crippen LogP contribution in [0.5, 0.6) is 11.5 Å². The molecule has 0 fully saturated rings. The monoisotopic (exact) mass is 206 g/mol. The molecule has 2 N–H and O–H groups in total. The molecule has 3 heteroatoms. The van der Waals surface area contributed by atoms with Crippen molar-refractivity contribution >= 4 is 0 Å². The zero-order chi connectivity index (χ0) is 10.8. The number of ether oxygens (including phenoxy) is 1. The third-order valence-corrected chi connectivity index (χ3v) is 2.78. The number of phenolic OH excluding ortho intramolecular Hbond substituents is 2. The van der Waals surface area contributed by atoms with Crippen LogP contribution < -0.4 is 0 Å². The molecule has 0 radical (unpaired) electrons. The van der Waals surface area contributed by atoms with Gasteiger partial charge in [0.2, 0.25) is 0 Å². The maximum absolute atomic E-state index is 9.73. The number of aromatic hydroxyl groups is 2. The topological polar surface area (TPSA) is 49.7 Å². The second-order valence-electron chi connectivity index (χ2n) is 3.75. The van der Waals surface area contributed by atoms with Gasteiger partial charge in [0, 0.05) is 11.5 Å². The quantitative estimate of drug-likeness (QED) is 0.547. The van der Waals surface area contributed by atoms with Crippen molar-refractivity contribution in [3.63, 3.8) is 0 Å². The molecule has 2 rings (SSSR count). The van der Waals surface area contributed by atoms with Gasteiger partial charge >= 0.3 is 0 Å². The summed E-state index contributed by atoms with van der Waals surface area (Å²) >= 11 is 0. The lowest BCUT2D eigenvalue weighted by Gasteiger charge is -2.23. The minimum atomic E-state index is -0.0779.